The average Bonchev–Trinajstić information content (AvgIpc) is 3.78. The number of alkyl halides is 2. The second kappa shape index (κ2) is 17.0. The fourth-order valence-electron chi connectivity index (χ4n) is 6.91. The fourth-order valence-corrected chi connectivity index (χ4v) is 9.88. The second-order valence-electron chi connectivity index (χ2n) is 15.0. The van der Waals surface area contributed by atoms with Crippen LogP contribution in [0.1, 0.15) is 54.0 Å². The number of nitrogens with one attached hydrogen (secondary N) is 2. The Morgan fingerprint density at radius 3 is 2.56 bits per heavy atom. The van der Waals surface area contributed by atoms with Gasteiger partial charge in [-0.1, -0.05) is 6.07 Å². The number of nitrogens with two attached hydrogens (primary N) is 1. The first-order chi connectivity index (χ1) is 29.1. The van der Waals surface area contributed by atoms with Crippen LogP contribution in [0.15, 0.2) is 52.4 Å². The zero-order chi connectivity index (χ0) is 44.9. The number of H-pyrrole nitrogens is 1. The molecule has 0 amide bonds. The van der Waals surface area contributed by atoms with Gasteiger partial charge in [0.2, 0.25) is 11.8 Å². The van der Waals surface area contributed by atoms with Crippen LogP contribution in [0.4, 0.5) is 14.7 Å². The van der Waals surface area contributed by atoms with Gasteiger partial charge in [-0.2, -0.15) is 15.1 Å². The quantitative estimate of drug-likeness (QED) is 0.0984. The van der Waals surface area contributed by atoms with Gasteiger partial charge in [0.25, 0.3) is 5.56 Å². The minimum Gasteiger partial charge on any atom is -0.476 e. The third kappa shape index (κ3) is 8.99. The van der Waals surface area contributed by atoms with Crippen LogP contribution in [-0.2, 0) is 41.7 Å². The number of aromatic nitrogens is 6. The molecule has 338 valence electrons. The topological polar surface area (TPSA) is 291 Å². The summed E-state index contributed by atoms with van der Waals surface area (Å²) in [6.07, 6.45) is -7.65. The van der Waals surface area contributed by atoms with Crippen molar-refractivity contribution >= 4 is 38.7 Å². The number of halogens is 2. The predicted octanol–water partition coefficient (Wildman–Crippen LogP) is 3.01. The van der Waals surface area contributed by atoms with Crippen LogP contribution in [0.5, 0.6) is 17.4 Å². The lowest BCUT2D eigenvalue weighted by Gasteiger charge is -2.33. The molecule has 0 radical (unpaired) electrons. The molecular weight excluding hydrogens is 872 g/mol. The number of hydrogen-bond acceptors (Lipinski definition) is 19. The van der Waals surface area contributed by atoms with E-state index in [0.717, 1.165) is 29.8 Å². The zero-order valence-corrected chi connectivity index (χ0v) is 35.7. The number of hydrogen-bond donors (Lipinski definition) is 4. The van der Waals surface area contributed by atoms with Gasteiger partial charge in [-0.3, -0.25) is 37.3 Å². The minimum absolute atomic E-state index is 0.0811. The maximum Gasteiger partial charge on any atom is 0.530 e. The summed E-state index contributed by atoms with van der Waals surface area (Å²) in [7, 11) is -9.39. The Bertz CT molecular complexity index is 2540. The lowest BCUT2D eigenvalue weighted by molar-refractivity contribution is -0.149. The molecule has 3 aliphatic heterocycles. The molecule has 3 fully saturated rings. The van der Waals surface area contributed by atoms with Crippen LogP contribution >= 0.6 is 15.6 Å². The van der Waals surface area contributed by atoms with Gasteiger partial charge in [-0.15, -0.1) is 0 Å². The third-order valence-electron chi connectivity index (χ3n) is 9.80. The minimum atomic E-state index is -4.76. The summed E-state index contributed by atoms with van der Waals surface area (Å²) in [5.41, 5.74) is -0.633. The number of aliphatic hydroxyl groups excluding tert-OH is 1. The number of anilines is 1. The molecule has 3 aliphatic rings. The van der Waals surface area contributed by atoms with Crippen LogP contribution in [0.25, 0.3) is 11.2 Å². The van der Waals surface area contributed by atoms with Crippen LogP contribution < -0.4 is 35.9 Å². The standard InChI is InChI=1S/C35H44F2N8O15P2/c1-7-52-28-24-27(41-32(38)42-28)45(16-39-24)31-35(6,37)26-22(57-31)15-54-62(51,60-26)59-20-10-8-9-19(13-20)58-61(50,43-18(4)29(48)55-17(2)3)53-14-21-25(47)34(5,36)30(56-21)44-12-11-23(46)40-33(44)49/h8-13,16-18,21-22,25-26,30-31,47H,7,14-15H2,1-6H3,(H,43,50)(H2,38,41,42)(H,40,46,49)/t18-,21+,22+,25+,26+,30+,31+,34+,35+,61?,62?/m0/s1. The van der Waals surface area contributed by atoms with E-state index in [2.05, 4.69) is 20.0 Å². The molecule has 0 aliphatic carbocycles. The van der Waals surface area contributed by atoms with E-state index >= 15 is 8.78 Å². The molecule has 27 heteroatoms. The van der Waals surface area contributed by atoms with Crippen molar-refractivity contribution in [3.8, 4) is 17.4 Å². The molecule has 62 heavy (non-hydrogen) atoms. The number of nitrogen functional groups attached to an aromatic ring is 1. The van der Waals surface area contributed by atoms with E-state index in [4.69, 9.17) is 47.3 Å². The van der Waals surface area contributed by atoms with Gasteiger partial charge in [0.15, 0.2) is 35.0 Å². The summed E-state index contributed by atoms with van der Waals surface area (Å²) in [6.45, 7) is 7.29. The molecule has 1 aromatic carbocycles. The molecule has 4 aromatic rings. The zero-order valence-electron chi connectivity index (χ0n) is 33.9. The number of carbonyl (C=O) groups excluding carboxylic acids is 1. The highest BCUT2D eigenvalue weighted by Gasteiger charge is 2.62. The summed E-state index contributed by atoms with van der Waals surface area (Å²) < 4.78 is 113. The van der Waals surface area contributed by atoms with E-state index in [1.807, 2.05) is 4.98 Å². The van der Waals surface area contributed by atoms with Gasteiger partial charge in [0.1, 0.15) is 42.0 Å². The summed E-state index contributed by atoms with van der Waals surface area (Å²) in [6, 6.07) is 4.63. The van der Waals surface area contributed by atoms with E-state index in [-0.39, 0.29) is 41.1 Å². The Kier molecular flexibility index (Phi) is 12.4. The number of ether oxygens (including phenoxy) is 4. The van der Waals surface area contributed by atoms with Crippen LogP contribution in [-0.4, -0.2) is 108 Å². The lowest BCUT2D eigenvalue weighted by atomic mass is 9.98. The molecule has 11 atom stereocenters. The van der Waals surface area contributed by atoms with Gasteiger partial charge in [0, 0.05) is 18.3 Å². The van der Waals surface area contributed by atoms with Crippen molar-refractivity contribution in [2.45, 2.75) is 102 Å². The van der Waals surface area contributed by atoms with Crippen molar-refractivity contribution < 1.29 is 69.4 Å². The first-order valence-corrected chi connectivity index (χ1v) is 22.1. The Balaban J connectivity index is 1.08. The molecule has 0 bridgehead atoms. The van der Waals surface area contributed by atoms with Crippen molar-refractivity contribution in [3.63, 3.8) is 0 Å². The number of fused-ring (bicyclic) bond motifs is 2. The smallest absolute Gasteiger partial charge is 0.476 e. The van der Waals surface area contributed by atoms with Crippen molar-refractivity contribution in [2.24, 2.45) is 0 Å². The van der Waals surface area contributed by atoms with Crippen molar-refractivity contribution in [1.82, 2.24) is 34.2 Å². The van der Waals surface area contributed by atoms with E-state index in [1.54, 1.807) is 20.8 Å². The molecule has 2 unspecified atom stereocenters. The van der Waals surface area contributed by atoms with E-state index in [1.165, 1.54) is 42.9 Å². The van der Waals surface area contributed by atoms with Gasteiger partial charge in [-0.05, 0) is 53.7 Å². The Hall–Kier alpha value is -4.84. The summed E-state index contributed by atoms with van der Waals surface area (Å²) in [5, 5.41) is 13.3. The first kappa shape index (κ1) is 45.2. The molecule has 3 aromatic heterocycles. The normalized spacial score (nSPS) is 31.1. The largest absolute Gasteiger partial charge is 0.530 e. The maximum absolute atomic E-state index is 16.8. The number of imidazole rings is 1. The molecule has 0 saturated carbocycles. The van der Waals surface area contributed by atoms with Crippen LogP contribution in [0, 0.1) is 0 Å². The van der Waals surface area contributed by atoms with Gasteiger partial charge < -0.3 is 38.8 Å². The molecule has 5 N–H and O–H groups in total. The summed E-state index contributed by atoms with van der Waals surface area (Å²) in [4.78, 5) is 51.2. The maximum atomic E-state index is 16.8. The molecule has 0 spiro atoms. The Morgan fingerprint density at radius 1 is 1.13 bits per heavy atom. The SMILES string of the molecule is CCOc1nc(N)nc2c1ncn2[C@@H]1O[C@@H]2COP(=O)(Oc3cccc(OP(=O)(N[C@@H](C)C(=O)OC(C)C)OC[C@H]4O[C@@H](n5ccc(=O)[nH]c5=O)[C@](C)(F)[C@@H]4O)c3)O[C@H]2[C@@]1(C)F. The second-order valence-corrected chi connectivity index (χ2v) is 18.3. The van der Waals surface area contributed by atoms with Gasteiger partial charge in [0.05, 0.1) is 32.3 Å². The monoisotopic (exact) mass is 916 g/mol. The van der Waals surface area contributed by atoms with Crippen LogP contribution in [0.2, 0.25) is 0 Å². The van der Waals surface area contributed by atoms with Crippen LogP contribution in [0.3, 0.4) is 0 Å². The molecule has 7 rings (SSSR count). The lowest BCUT2D eigenvalue weighted by Crippen LogP contribution is -2.45. The summed E-state index contributed by atoms with van der Waals surface area (Å²) in [5.74, 6) is -1.45. The number of esters is 1. The number of rotatable bonds is 15. The number of phosphoric acid groups is 1. The number of carbonyl (C=O) groups is 1. The average molecular weight is 917 g/mol. The number of nitrogens with zero attached hydrogens (tertiary/aromatic N) is 5. The molecule has 6 heterocycles. The van der Waals surface area contributed by atoms with E-state index in [9.17, 15) is 28.6 Å². The van der Waals surface area contributed by atoms with E-state index < -0.39 is 106 Å². The highest BCUT2D eigenvalue weighted by atomic mass is 31.2. The van der Waals surface area contributed by atoms with Crippen molar-refractivity contribution in [3.05, 3.63) is 63.7 Å². The third-order valence-corrected chi connectivity index (χ3v) is 12.8. The molecule has 23 nitrogen and oxygen atoms in total. The van der Waals surface area contributed by atoms with Gasteiger partial charge >= 0.3 is 27.2 Å². The number of benzene rings is 1. The molecular formula is C35H44F2N8O15P2. The number of phosphoric ester groups is 1. The Labute approximate surface area is 350 Å². The summed E-state index contributed by atoms with van der Waals surface area (Å²) >= 11 is 0. The number of aromatic amines is 1. The van der Waals surface area contributed by atoms with Crippen molar-refractivity contribution in [2.75, 3.05) is 25.6 Å². The van der Waals surface area contributed by atoms with Crippen molar-refractivity contribution in [1.29, 1.82) is 0 Å². The van der Waals surface area contributed by atoms with E-state index in [0.29, 0.717) is 0 Å². The highest BCUT2D eigenvalue weighted by Crippen LogP contribution is 2.60. The predicted molar refractivity (Wildman–Crippen MR) is 209 cm³/mol. The Morgan fingerprint density at radius 2 is 1.85 bits per heavy atom. The number of aliphatic hydroxyl groups is 1. The first-order valence-electron chi connectivity index (χ1n) is 19.1. The molecule has 3 saturated heterocycles. The van der Waals surface area contributed by atoms with Gasteiger partial charge in [-0.25, -0.2) is 27.7 Å². The highest BCUT2D eigenvalue weighted by molar-refractivity contribution is 7.52. The fraction of sp³-hybridized carbons (Fsp3) is 0.543.